The summed E-state index contributed by atoms with van der Waals surface area (Å²) in [4.78, 5) is 0. The predicted octanol–water partition coefficient (Wildman–Crippen LogP) is 5.73. The quantitative estimate of drug-likeness (QED) is 0.418. The van der Waals surface area contributed by atoms with Crippen molar-refractivity contribution in [3.05, 3.63) is 101 Å². The van der Waals surface area contributed by atoms with Crippen molar-refractivity contribution in [2.75, 3.05) is 0 Å². The van der Waals surface area contributed by atoms with Crippen molar-refractivity contribution in [2.24, 2.45) is 0 Å². The number of ether oxygens (including phenoxy) is 2. The van der Waals surface area contributed by atoms with Crippen LogP contribution in [0.4, 0.5) is 0 Å². The third-order valence-corrected chi connectivity index (χ3v) is 4.87. The zero-order valence-corrected chi connectivity index (χ0v) is 16.9. The molecule has 0 amide bonds. The highest BCUT2D eigenvalue weighted by molar-refractivity contribution is 5.42. The molecule has 3 aromatic carbocycles. The van der Waals surface area contributed by atoms with E-state index in [9.17, 15) is 0 Å². The van der Waals surface area contributed by atoms with Crippen molar-refractivity contribution in [2.45, 2.75) is 20.5 Å². The molecule has 0 N–H and O–H groups in total. The number of nitrogens with zero attached hydrogens (tertiary/aromatic N) is 3. The molecule has 4 aromatic rings. The fraction of sp³-hybridized carbons (Fsp3) is 0.120. The normalized spacial score (nSPS) is 10.4. The Hall–Kier alpha value is -4.04. The second-order valence-electron chi connectivity index (χ2n) is 6.90. The number of aromatic nitrogens is 2. The van der Waals surface area contributed by atoms with Gasteiger partial charge in [-0.15, -0.1) is 0 Å². The Kier molecular flexibility index (Phi) is 5.49. The molecule has 0 spiro atoms. The van der Waals surface area contributed by atoms with Gasteiger partial charge >= 0.3 is 0 Å². The molecule has 0 aliphatic carbocycles. The molecule has 4 rings (SSSR count). The summed E-state index contributed by atoms with van der Waals surface area (Å²) in [6.07, 6.45) is 0. The van der Waals surface area contributed by atoms with Gasteiger partial charge in [0.15, 0.2) is 0 Å². The molecule has 1 heterocycles. The minimum atomic E-state index is 0.423. The lowest BCUT2D eigenvalue weighted by molar-refractivity contribution is 0.304. The Bertz CT molecular complexity index is 1170. The highest BCUT2D eigenvalue weighted by atomic mass is 16.5. The summed E-state index contributed by atoms with van der Waals surface area (Å²) in [5.74, 6) is 2.32. The first-order valence-electron chi connectivity index (χ1n) is 9.65. The van der Waals surface area contributed by atoms with Crippen LogP contribution in [0.2, 0.25) is 0 Å². The minimum Gasteiger partial charge on any atom is -0.489 e. The van der Waals surface area contributed by atoms with E-state index in [1.165, 1.54) is 0 Å². The number of aryl methyl sites for hydroxylation is 1. The summed E-state index contributed by atoms with van der Waals surface area (Å²) in [7, 11) is 0. The van der Waals surface area contributed by atoms with Crippen molar-refractivity contribution >= 4 is 0 Å². The number of nitriles is 1. The second-order valence-corrected chi connectivity index (χ2v) is 6.90. The molecule has 30 heavy (non-hydrogen) atoms. The van der Waals surface area contributed by atoms with Gasteiger partial charge in [0.05, 0.1) is 23.0 Å². The van der Waals surface area contributed by atoms with E-state index in [4.69, 9.17) is 14.7 Å². The summed E-state index contributed by atoms with van der Waals surface area (Å²) >= 11 is 0. The molecule has 0 aliphatic heterocycles. The van der Waals surface area contributed by atoms with Gasteiger partial charge in [-0.25, -0.2) is 4.68 Å². The topological polar surface area (TPSA) is 60.1 Å². The largest absolute Gasteiger partial charge is 0.489 e. The van der Waals surface area contributed by atoms with Crippen molar-refractivity contribution in [1.29, 1.82) is 5.26 Å². The Morgan fingerprint density at radius 3 is 2.13 bits per heavy atom. The van der Waals surface area contributed by atoms with Gasteiger partial charge in [0.25, 0.3) is 0 Å². The van der Waals surface area contributed by atoms with Crippen LogP contribution in [0.5, 0.6) is 17.2 Å². The lowest BCUT2D eigenvalue weighted by atomic mass is 10.2. The van der Waals surface area contributed by atoms with Crippen LogP contribution < -0.4 is 9.47 Å². The van der Waals surface area contributed by atoms with Crippen LogP contribution >= 0.6 is 0 Å². The molecular formula is C25H21N3O2. The number of rotatable bonds is 6. The van der Waals surface area contributed by atoms with Gasteiger partial charge < -0.3 is 9.47 Å². The number of para-hydroxylation sites is 1. The molecule has 0 aliphatic rings. The van der Waals surface area contributed by atoms with Crippen LogP contribution in [0.15, 0.2) is 78.9 Å². The molecule has 148 valence electrons. The molecule has 5 heteroatoms. The van der Waals surface area contributed by atoms with Gasteiger partial charge in [-0.2, -0.15) is 10.4 Å². The van der Waals surface area contributed by atoms with Crippen LogP contribution in [0.3, 0.4) is 0 Å². The molecule has 0 atom stereocenters. The maximum atomic E-state index is 8.97. The van der Waals surface area contributed by atoms with E-state index in [0.717, 1.165) is 39.9 Å². The molecular weight excluding hydrogens is 374 g/mol. The van der Waals surface area contributed by atoms with Crippen molar-refractivity contribution in [3.8, 4) is 29.0 Å². The third-order valence-electron chi connectivity index (χ3n) is 4.87. The number of hydrogen-bond donors (Lipinski definition) is 0. The Morgan fingerprint density at radius 2 is 1.47 bits per heavy atom. The zero-order valence-electron chi connectivity index (χ0n) is 16.9. The minimum absolute atomic E-state index is 0.423. The summed E-state index contributed by atoms with van der Waals surface area (Å²) in [6, 6.07) is 26.8. The van der Waals surface area contributed by atoms with E-state index in [0.29, 0.717) is 12.2 Å². The predicted molar refractivity (Wildman–Crippen MR) is 115 cm³/mol. The van der Waals surface area contributed by atoms with E-state index in [2.05, 4.69) is 11.2 Å². The van der Waals surface area contributed by atoms with Gasteiger partial charge in [0.1, 0.15) is 23.9 Å². The van der Waals surface area contributed by atoms with Gasteiger partial charge in [0, 0.05) is 11.3 Å². The maximum Gasteiger partial charge on any atom is 0.127 e. The molecule has 5 nitrogen and oxygen atoms in total. The highest BCUT2D eigenvalue weighted by Crippen LogP contribution is 2.25. The SMILES string of the molecule is Cc1nn(-c2ccc(C#N)cc2)c(C)c1COc1ccc(Oc2ccccc2)cc1. The summed E-state index contributed by atoms with van der Waals surface area (Å²) in [6.45, 7) is 4.42. The van der Waals surface area contributed by atoms with Crippen molar-refractivity contribution < 1.29 is 9.47 Å². The van der Waals surface area contributed by atoms with Crippen LogP contribution in [0.25, 0.3) is 5.69 Å². The summed E-state index contributed by atoms with van der Waals surface area (Å²) < 4.78 is 13.7. The first-order valence-corrected chi connectivity index (χ1v) is 9.65. The molecule has 0 radical (unpaired) electrons. The van der Waals surface area contributed by atoms with E-state index in [1.54, 1.807) is 12.1 Å². The van der Waals surface area contributed by atoms with Gasteiger partial charge in [-0.3, -0.25) is 0 Å². The Labute approximate surface area is 175 Å². The molecule has 1 aromatic heterocycles. The first kappa shape index (κ1) is 19.3. The van der Waals surface area contributed by atoms with E-state index < -0.39 is 0 Å². The van der Waals surface area contributed by atoms with Crippen molar-refractivity contribution in [3.63, 3.8) is 0 Å². The molecule has 0 bridgehead atoms. The molecule has 0 fully saturated rings. The van der Waals surface area contributed by atoms with Gasteiger partial charge in [0.2, 0.25) is 0 Å². The molecule has 0 unspecified atom stereocenters. The fourth-order valence-electron chi connectivity index (χ4n) is 3.20. The number of benzene rings is 3. The first-order chi connectivity index (χ1) is 14.6. The van der Waals surface area contributed by atoms with Gasteiger partial charge in [-0.05, 0) is 74.5 Å². The lowest BCUT2D eigenvalue weighted by Gasteiger charge is -2.09. The second kappa shape index (κ2) is 8.54. The van der Waals surface area contributed by atoms with Crippen LogP contribution in [-0.2, 0) is 6.61 Å². The summed E-state index contributed by atoms with van der Waals surface area (Å²) in [5.41, 5.74) is 4.53. The van der Waals surface area contributed by atoms with Crippen LogP contribution in [0, 0.1) is 25.2 Å². The zero-order chi connectivity index (χ0) is 20.9. The van der Waals surface area contributed by atoms with E-state index in [1.807, 2.05) is 85.3 Å². The number of hydrogen-bond acceptors (Lipinski definition) is 4. The average Bonchev–Trinajstić information content (AvgIpc) is 3.07. The Balaban J connectivity index is 1.45. The fourth-order valence-corrected chi connectivity index (χ4v) is 3.20. The standard InChI is InChI=1S/C25H21N3O2/c1-18-25(19(2)28(27-18)21-10-8-20(16-26)9-11-21)17-29-22-12-14-24(15-13-22)30-23-6-4-3-5-7-23/h3-15H,17H2,1-2H3. The summed E-state index contributed by atoms with van der Waals surface area (Å²) in [5, 5.41) is 13.6. The van der Waals surface area contributed by atoms with Crippen molar-refractivity contribution in [1.82, 2.24) is 9.78 Å². The average molecular weight is 395 g/mol. The van der Waals surface area contributed by atoms with E-state index >= 15 is 0 Å². The van der Waals surface area contributed by atoms with Crippen LogP contribution in [-0.4, -0.2) is 9.78 Å². The molecule has 0 saturated heterocycles. The van der Waals surface area contributed by atoms with E-state index in [-0.39, 0.29) is 0 Å². The smallest absolute Gasteiger partial charge is 0.127 e. The third kappa shape index (κ3) is 4.18. The lowest BCUT2D eigenvalue weighted by Crippen LogP contribution is -2.01. The van der Waals surface area contributed by atoms with Gasteiger partial charge in [-0.1, -0.05) is 18.2 Å². The monoisotopic (exact) mass is 395 g/mol. The Morgan fingerprint density at radius 1 is 0.833 bits per heavy atom. The van der Waals surface area contributed by atoms with Crippen LogP contribution in [0.1, 0.15) is 22.5 Å². The maximum absolute atomic E-state index is 8.97. The molecule has 0 saturated carbocycles. The highest BCUT2D eigenvalue weighted by Gasteiger charge is 2.13.